The number of carbonyl (C=O) groups is 1. The predicted octanol–water partition coefficient (Wildman–Crippen LogP) is 2.44. The fourth-order valence-electron chi connectivity index (χ4n) is 2.52. The number of ketones is 1. The summed E-state index contributed by atoms with van der Waals surface area (Å²) in [5.74, 6) is 0.546. The highest BCUT2D eigenvalue weighted by Gasteiger charge is 2.16. The molecule has 128 valence electrons. The Balaban J connectivity index is 1.69. The van der Waals surface area contributed by atoms with Gasteiger partial charge in [0.1, 0.15) is 23.6 Å². The van der Waals surface area contributed by atoms with Gasteiger partial charge in [-0.15, -0.1) is 0 Å². The van der Waals surface area contributed by atoms with Gasteiger partial charge in [0, 0.05) is 18.0 Å². The van der Waals surface area contributed by atoms with Crippen molar-refractivity contribution in [3.63, 3.8) is 0 Å². The van der Waals surface area contributed by atoms with Crippen LogP contribution in [0.15, 0.2) is 61.4 Å². The van der Waals surface area contributed by atoms with E-state index in [-0.39, 0.29) is 18.0 Å². The Kier molecular flexibility index (Phi) is 3.98. The molecular weight excluding hydrogens is 334 g/mol. The number of aromatic hydroxyl groups is 1. The van der Waals surface area contributed by atoms with Gasteiger partial charge in [-0.1, -0.05) is 6.07 Å². The molecule has 8 nitrogen and oxygen atoms in total. The fraction of sp³-hybridized carbons (Fsp3) is 0.0556. The van der Waals surface area contributed by atoms with E-state index in [4.69, 9.17) is 4.74 Å². The van der Waals surface area contributed by atoms with Gasteiger partial charge >= 0.3 is 0 Å². The summed E-state index contributed by atoms with van der Waals surface area (Å²) in [5, 5.41) is 13.6. The number of fused-ring (bicyclic) bond motifs is 1. The largest absolute Gasteiger partial charge is 0.506 e. The van der Waals surface area contributed by atoms with Crippen molar-refractivity contribution in [2.75, 3.05) is 0 Å². The molecule has 0 aliphatic heterocycles. The minimum absolute atomic E-state index is 0.0178. The van der Waals surface area contributed by atoms with Crippen LogP contribution in [-0.4, -0.2) is 35.5 Å². The number of hydrogen-bond donors (Lipinski definition) is 1. The lowest BCUT2D eigenvalue weighted by Crippen LogP contribution is -2.08. The summed E-state index contributed by atoms with van der Waals surface area (Å²) in [4.78, 5) is 24.9. The topological polar surface area (TPSA) is 102 Å². The molecule has 8 heteroatoms. The van der Waals surface area contributed by atoms with E-state index in [1.54, 1.807) is 30.6 Å². The van der Waals surface area contributed by atoms with Gasteiger partial charge < -0.3 is 9.84 Å². The SMILES string of the molecule is O=C(Cc1ccccn1)c1cc(Oc2cncc(O)c2)cn2ncnc12. The predicted molar refractivity (Wildman–Crippen MR) is 91.2 cm³/mol. The van der Waals surface area contributed by atoms with Crippen LogP contribution in [0.3, 0.4) is 0 Å². The lowest BCUT2D eigenvalue weighted by atomic mass is 10.1. The third-order valence-electron chi connectivity index (χ3n) is 3.65. The molecule has 0 aliphatic carbocycles. The summed E-state index contributed by atoms with van der Waals surface area (Å²) >= 11 is 0. The standard InChI is InChI=1S/C18H13N5O3/c24-13-6-14(9-19-8-13)26-15-7-16(18-21-11-22-23(18)10-15)17(25)5-12-3-1-2-4-20-12/h1-4,6-11,24H,5H2. The van der Waals surface area contributed by atoms with Crippen molar-refractivity contribution in [1.82, 2.24) is 24.6 Å². The molecule has 0 aliphatic rings. The highest BCUT2D eigenvalue weighted by atomic mass is 16.5. The summed E-state index contributed by atoms with van der Waals surface area (Å²) in [6.07, 6.45) is 7.51. The van der Waals surface area contributed by atoms with Gasteiger partial charge in [-0.2, -0.15) is 5.10 Å². The quantitative estimate of drug-likeness (QED) is 0.553. The van der Waals surface area contributed by atoms with Gasteiger partial charge in [-0.05, 0) is 18.2 Å². The number of ether oxygens (including phenoxy) is 1. The number of Topliss-reactive ketones (excluding diaryl/α,β-unsaturated/α-hetero) is 1. The van der Waals surface area contributed by atoms with Gasteiger partial charge in [0.15, 0.2) is 11.4 Å². The molecule has 0 unspecified atom stereocenters. The van der Waals surface area contributed by atoms with Crippen LogP contribution in [0.25, 0.3) is 5.65 Å². The summed E-state index contributed by atoms with van der Waals surface area (Å²) in [6, 6.07) is 8.43. The lowest BCUT2D eigenvalue weighted by Gasteiger charge is -2.09. The van der Waals surface area contributed by atoms with Crippen LogP contribution < -0.4 is 4.74 Å². The Morgan fingerprint density at radius 2 is 2.08 bits per heavy atom. The molecule has 4 heterocycles. The van der Waals surface area contributed by atoms with Gasteiger partial charge in [0.25, 0.3) is 0 Å². The van der Waals surface area contributed by atoms with E-state index in [0.717, 1.165) is 0 Å². The van der Waals surface area contributed by atoms with Crippen molar-refractivity contribution in [1.29, 1.82) is 0 Å². The number of rotatable bonds is 5. The Hall–Kier alpha value is -3.81. The zero-order chi connectivity index (χ0) is 17.9. The molecule has 0 radical (unpaired) electrons. The summed E-state index contributed by atoms with van der Waals surface area (Å²) in [7, 11) is 0. The maximum Gasteiger partial charge on any atom is 0.172 e. The Labute approximate surface area is 147 Å². The van der Waals surface area contributed by atoms with Gasteiger partial charge in [-0.25, -0.2) is 9.50 Å². The Morgan fingerprint density at radius 3 is 2.88 bits per heavy atom. The first-order valence-electron chi connectivity index (χ1n) is 7.77. The van der Waals surface area contributed by atoms with Crippen LogP contribution in [0, 0.1) is 0 Å². The molecule has 0 saturated carbocycles. The van der Waals surface area contributed by atoms with E-state index in [2.05, 4.69) is 20.1 Å². The first-order valence-corrected chi connectivity index (χ1v) is 7.77. The molecular formula is C18H13N5O3. The molecule has 4 rings (SSSR count). The average Bonchev–Trinajstić information content (AvgIpc) is 3.10. The van der Waals surface area contributed by atoms with E-state index in [1.807, 2.05) is 6.07 Å². The van der Waals surface area contributed by atoms with E-state index >= 15 is 0 Å². The minimum atomic E-state index is -0.152. The molecule has 0 spiro atoms. The van der Waals surface area contributed by atoms with Crippen LogP contribution >= 0.6 is 0 Å². The Bertz CT molecular complexity index is 1080. The molecule has 0 atom stereocenters. The molecule has 0 amide bonds. The van der Waals surface area contributed by atoms with Crippen molar-refractivity contribution in [3.8, 4) is 17.2 Å². The van der Waals surface area contributed by atoms with E-state index < -0.39 is 0 Å². The second-order valence-corrected chi connectivity index (χ2v) is 5.52. The minimum Gasteiger partial charge on any atom is -0.506 e. The first-order chi connectivity index (χ1) is 12.7. The highest BCUT2D eigenvalue weighted by molar-refractivity contribution is 6.02. The van der Waals surface area contributed by atoms with Crippen molar-refractivity contribution in [2.45, 2.75) is 6.42 Å². The van der Waals surface area contributed by atoms with Gasteiger partial charge in [-0.3, -0.25) is 14.8 Å². The normalized spacial score (nSPS) is 10.8. The maximum atomic E-state index is 12.8. The summed E-state index contributed by atoms with van der Waals surface area (Å²) in [6.45, 7) is 0. The fourth-order valence-corrected chi connectivity index (χ4v) is 2.52. The molecule has 4 aromatic rings. The van der Waals surface area contributed by atoms with E-state index in [0.29, 0.717) is 28.4 Å². The molecule has 0 saturated heterocycles. The number of carbonyl (C=O) groups excluding carboxylic acids is 1. The van der Waals surface area contributed by atoms with Crippen molar-refractivity contribution < 1.29 is 14.6 Å². The first kappa shape index (κ1) is 15.7. The molecule has 1 N–H and O–H groups in total. The molecule has 0 fully saturated rings. The zero-order valence-electron chi connectivity index (χ0n) is 13.5. The smallest absolute Gasteiger partial charge is 0.172 e. The van der Waals surface area contributed by atoms with E-state index in [9.17, 15) is 9.90 Å². The van der Waals surface area contributed by atoms with Crippen LogP contribution in [0.5, 0.6) is 17.2 Å². The number of pyridine rings is 3. The zero-order valence-corrected chi connectivity index (χ0v) is 13.5. The van der Waals surface area contributed by atoms with Crippen molar-refractivity contribution in [3.05, 3.63) is 72.7 Å². The maximum absolute atomic E-state index is 12.8. The number of nitrogens with zero attached hydrogens (tertiary/aromatic N) is 5. The van der Waals surface area contributed by atoms with Crippen molar-refractivity contribution in [2.24, 2.45) is 0 Å². The van der Waals surface area contributed by atoms with E-state index in [1.165, 1.54) is 29.3 Å². The van der Waals surface area contributed by atoms with Crippen LogP contribution in [0.4, 0.5) is 0 Å². The van der Waals surface area contributed by atoms with Crippen LogP contribution in [0.1, 0.15) is 16.1 Å². The van der Waals surface area contributed by atoms with Gasteiger partial charge in [0.2, 0.25) is 0 Å². The second kappa shape index (κ2) is 6.60. The summed E-state index contributed by atoms with van der Waals surface area (Å²) < 4.78 is 7.17. The highest BCUT2D eigenvalue weighted by Crippen LogP contribution is 2.26. The monoisotopic (exact) mass is 347 g/mol. The third kappa shape index (κ3) is 3.20. The van der Waals surface area contributed by atoms with Crippen LogP contribution in [-0.2, 0) is 6.42 Å². The van der Waals surface area contributed by atoms with Crippen molar-refractivity contribution >= 4 is 11.4 Å². The molecule has 4 aromatic heterocycles. The molecule has 26 heavy (non-hydrogen) atoms. The van der Waals surface area contributed by atoms with Crippen LogP contribution in [0.2, 0.25) is 0 Å². The Morgan fingerprint density at radius 1 is 1.15 bits per heavy atom. The third-order valence-corrected chi connectivity index (χ3v) is 3.65. The second-order valence-electron chi connectivity index (χ2n) is 5.52. The number of aromatic nitrogens is 5. The summed E-state index contributed by atoms with van der Waals surface area (Å²) in [5.41, 5.74) is 1.48. The average molecular weight is 347 g/mol. The van der Waals surface area contributed by atoms with Gasteiger partial charge in [0.05, 0.1) is 30.6 Å². The molecule has 0 aromatic carbocycles. The number of hydrogen-bond acceptors (Lipinski definition) is 7. The molecule has 0 bridgehead atoms. The lowest BCUT2D eigenvalue weighted by molar-refractivity contribution is 0.0992.